The van der Waals surface area contributed by atoms with Gasteiger partial charge in [-0.3, -0.25) is 0 Å². The second-order valence-corrected chi connectivity index (χ2v) is 13.0. The van der Waals surface area contributed by atoms with Crippen LogP contribution in [0.15, 0.2) is 225 Å². The highest BCUT2D eigenvalue weighted by atomic mass is 14.5. The number of hydrogen-bond acceptors (Lipinski definition) is 0. The lowest BCUT2D eigenvalue weighted by molar-refractivity contribution is 0.770. The first-order valence-electron chi connectivity index (χ1n) is 17.5. The summed E-state index contributed by atoms with van der Waals surface area (Å²) in [5, 5.41) is 0. The van der Waals surface area contributed by atoms with Crippen LogP contribution in [0.4, 0.5) is 0 Å². The maximum absolute atomic E-state index is 4.63. The van der Waals surface area contributed by atoms with E-state index >= 15 is 0 Å². The fourth-order valence-electron chi connectivity index (χ4n) is 7.92. The fourth-order valence-corrected chi connectivity index (χ4v) is 7.92. The standard InChI is InChI=1S/C51H38/c1-3-20-47-37(2)46-33-16-17-34-48(46)51(47,44-30-14-7-15-31-44)45-32-19-28-42(36-45)41-27-18-29-43(35-41)50(40-25-12-6-13-26-40)49(38-21-8-4-9-22-38)39-23-10-5-11-24-39/h3-36H,1-2H2/b47-20+. The number of allylic oxidation sites excluding steroid dienone is 4. The van der Waals surface area contributed by atoms with Crippen LogP contribution in [0.25, 0.3) is 27.8 Å². The molecule has 7 aromatic carbocycles. The van der Waals surface area contributed by atoms with Gasteiger partial charge >= 0.3 is 0 Å². The van der Waals surface area contributed by atoms with E-state index in [-0.39, 0.29) is 0 Å². The summed E-state index contributed by atoms with van der Waals surface area (Å²) in [5.74, 6) is 0. The van der Waals surface area contributed by atoms with E-state index in [1.807, 2.05) is 6.08 Å². The molecule has 0 heteroatoms. The lowest BCUT2D eigenvalue weighted by Crippen LogP contribution is -2.28. The normalized spacial score (nSPS) is 15.7. The molecule has 0 saturated carbocycles. The van der Waals surface area contributed by atoms with Crippen LogP contribution in [-0.2, 0) is 5.41 Å². The summed E-state index contributed by atoms with van der Waals surface area (Å²) in [6.45, 7) is 8.75. The van der Waals surface area contributed by atoms with Crippen LogP contribution in [0, 0.1) is 0 Å². The van der Waals surface area contributed by atoms with Gasteiger partial charge in [-0.25, -0.2) is 0 Å². The molecule has 0 aliphatic heterocycles. The van der Waals surface area contributed by atoms with Gasteiger partial charge in [-0.2, -0.15) is 0 Å². The van der Waals surface area contributed by atoms with Crippen LogP contribution in [0.3, 0.4) is 0 Å². The summed E-state index contributed by atoms with van der Waals surface area (Å²) in [6.07, 6.45) is 4.04. The Hall–Kier alpha value is -6.50. The van der Waals surface area contributed by atoms with Crippen LogP contribution in [0.2, 0.25) is 0 Å². The summed E-state index contributed by atoms with van der Waals surface area (Å²) >= 11 is 0. The molecular weight excluding hydrogens is 613 g/mol. The SMILES string of the molecule is C=C/C=C1\C(=C)c2ccccc2C1(c1ccccc1)c1cccc(-c2cccc(C(=C(c3ccccc3)c3ccccc3)c3ccccc3)c2)c1. The topological polar surface area (TPSA) is 0 Å². The Morgan fingerprint density at radius 3 is 1.47 bits per heavy atom. The lowest BCUT2D eigenvalue weighted by Gasteiger charge is -2.34. The van der Waals surface area contributed by atoms with E-state index in [1.165, 1.54) is 50.1 Å². The minimum Gasteiger partial charge on any atom is -0.0991 e. The van der Waals surface area contributed by atoms with Gasteiger partial charge in [0.2, 0.25) is 0 Å². The van der Waals surface area contributed by atoms with Gasteiger partial charge in [-0.05, 0) is 90.1 Å². The van der Waals surface area contributed by atoms with Crippen molar-refractivity contribution >= 4 is 16.7 Å². The number of benzene rings is 7. The average Bonchev–Trinajstić information content (AvgIpc) is 3.46. The minimum atomic E-state index is -0.542. The van der Waals surface area contributed by atoms with E-state index in [0.29, 0.717) is 0 Å². The molecule has 0 N–H and O–H groups in total. The number of fused-ring (bicyclic) bond motifs is 1. The zero-order valence-electron chi connectivity index (χ0n) is 28.5. The molecule has 7 aromatic rings. The first kappa shape index (κ1) is 31.7. The van der Waals surface area contributed by atoms with Crippen LogP contribution in [-0.4, -0.2) is 0 Å². The highest BCUT2D eigenvalue weighted by Gasteiger charge is 2.47. The molecule has 0 bridgehead atoms. The molecule has 1 atom stereocenters. The van der Waals surface area contributed by atoms with Crippen molar-refractivity contribution in [1.29, 1.82) is 0 Å². The third-order valence-electron chi connectivity index (χ3n) is 10.1. The van der Waals surface area contributed by atoms with E-state index in [4.69, 9.17) is 0 Å². The number of rotatable bonds is 8. The molecule has 242 valence electrons. The van der Waals surface area contributed by atoms with E-state index < -0.39 is 5.41 Å². The van der Waals surface area contributed by atoms with E-state index in [0.717, 1.165) is 27.8 Å². The molecule has 0 aromatic heterocycles. The van der Waals surface area contributed by atoms with Crippen LogP contribution < -0.4 is 0 Å². The third kappa shape index (κ3) is 5.62. The van der Waals surface area contributed by atoms with Crippen molar-refractivity contribution in [3.05, 3.63) is 270 Å². The molecule has 0 fully saturated rings. The fraction of sp³-hybridized carbons (Fsp3) is 0.0196. The molecule has 0 saturated heterocycles. The zero-order chi connectivity index (χ0) is 34.6. The van der Waals surface area contributed by atoms with Gasteiger partial charge in [0.15, 0.2) is 0 Å². The predicted molar refractivity (Wildman–Crippen MR) is 216 cm³/mol. The van der Waals surface area contributed by atoms with Gasteiger partial charge in [-0.1, -0.05) is 207 Å². The molecule has 1 aliphatic carbocycles. The summed E-state index contributed by atoms with van der Waals surface area (Å²) in [7, 11) is 0. The molecule has 0 spiro atoms. The molecule has 0 nitrogen and oxygen atoms in total. The second kappa shape index (κ2) is 13.8. The Labute approximate surface area is 301 Å². The first-order chi connectivity index (χ1) is 25.2. The molecule has 0 amide bonds. The monoisotopic (exact) mass is 650 g/mol. The highest BCUT2D eigenvalue weighted by Crippen LogP contribution is 2.57. The molecular formula is C51H38. The Balaban J connectivity index is 1.36. The van der Waals surface area contributed by atoms with Gasteiger partial charge in [0.05, 0.1) is 5.41 Å². The summed E-state index contributed by atoms with van der Waals surface area (Å²) in [4.78, 5) is 0. The van der Waals surface area contributed by atoms with Gasteiger partial charge in [0, 0.05) is 0 Å². The van der Waals surface area contributed by atoms with E-state index in [1.54, 1.807) is 0 Å². The molecule has 8 rings (SSSR count). The Bertz CT molecular complexity index is 2370. The third-order valence-corrected chi connectivity index (χ3v) is 10.1. The van der Waals surface area contributed by atoms with Crippen molar-refractivity contribution in [1.82, 2.24) is 0 Å². The minimum absolute atomic E-state index is 0.542. The van der Waals surface area contributed by atoms with E-state index in [9.17, 15) is 0 Å². The molecule has 0 radical (unpaired) electrons. The Morgan fingerprint density at radius 2 is 0.882 bits per heavy atom. The van der Waals surface area contributed by atoms with Crippen molar-refractivity contribution in [3.8, 4) is 11.1 Å². The second-order valence-electron chi connectivity index (χ2n) is 13.0. The van der Waals surface area contributed by atoms with E-state index in [2.05, 4.69) is 213 Å². The van der Waals surface area contributed by atoms with Crippen molar-refractivity contribution < 1.29 is 0 Å². The van der Waals surface area contributed by atoms with Crippen molar-refractivity contribution in [2.24, 2.45) is 0 Å². The van der Waals surface area contributed by atoms with Gasteiger partial charge in [0.1, 0.15) is 0 Å². The summed E-state index contributed by atoms with van der Waals surface area (Å²) < 4.78 is 0. The smallest absolute Gasteiger partial charge is 0.0713 e. The van der Waals surface area contributed by atoms with Crippen LogP contribution in [0.1, 0.15) is 44.5 Å². The van der Waals surface area contributed by atoms with Crippen molar-refractivity contribution in [3.63, 3.8) is 0 Å². The Morgan fingerprint density at radius 1 is 0.431 bits per heavy atom. The summed E-state index contributed by atoms with van der Waals surface area (Å²) in [5.41, 5.74) is 15.9. The first-order valence-corrected chi connectivity index (χ1v) is 17.5. The largest absolute Gasteiger partial charge is 0.0991 e. The molecule has 0 heterocycles. The Kier molecular flexibility index (Phi) is 8.58. The number of hydrogen-bond donors (Lipinski definition) is 0. The average molecular weight is 651 g/mol. The highest BCUT2D eigenvalue weighted by molar-refractivity contribution is 6.05. The predicted octanol–water partition coefficient (Wildman–Crippen LogP) is 12.8. The molecule has 1 aliphatic rings. The van der Waals surface area contributed by atoms with Crippen molar-refractivity contribution in [2.75, 3.05) is 0 Å². The van der Waals surface area contributed by atoms with Crippen molar-refractivity contribution in [2.45, 2.75) is 5.41 Å². The van der Waals surface area contributed by atoms with Gasteiger partial charge < -0.3 is 0 Å². The van der Waals surface area contributed by atoms with Crippen LogP contribution >= 0.6 is 0 Å². The molecule has 51 heavy (non-hydrogen) atoms. The summed E-state index contributed by atoms with van der Waals surface area (Å²) in [6, 6.07) is 69.9. The zero-order valence-corrected chi connectivity index (χ0v) is 28.5. The maximum atomic E-state index is 4.63. The maximum Gasteiger partial charge on any atom is 0.0713 e. The molecule has 1 unspecified atom stereocenters. The van der Waals surface area contributed by atoms with Gasteiger partial charge in [0.25, 0.3) is 0 Å². The lowest BCUT2D eigenvalue weighted by atomic mass is 9.67. The van der Waals surface area contributed by atoms with Crippen LogP contribution in [0.5, 0.6) is 0 Å². The van der Waals surface area contributed by atoms with Gasteiger partial charge in [-0.15, -0.1) is 0 Å². The quantitative estimate of drug-likeness (QED) is 0.144.